The summed E-state index contributed by atoms with van der Waals surface area (Å²) in [6.45, 7) is 3.66. The molecule has 0 aromatic heterocycles. The first-order chi connectivity index (χ1) is 14.1. The van der Waals surface area contributed by atoms with Crippen molar-refractivity contribution in [3.05, 3.63) is 47.5 Å². The quantitative estimate of drug-likeness (QED) is 0.798. The monoisotopic (exact) mass is 393 g/mol. The Kier molecular flexibility index (Phi) is 3.56. The largest absolute Gasteiger partial charge is 0.491 e. The number of ether oxygens (including phenoxy) is 3. The van der Waals surface area contributed by atoms with Crippen LogP contribution in [-0.2, 0) is 14.9 Å². The molecule has 29 heavy (non-hydrogen) atoms. The van der Waals surface area contributed by atoms with Gasteiger partial charge in [-0.05, 0) is 24.5 Å². The number of anilines is 1. The second kappa shape index (κ2) is 5.97. The molecule has 6 rings (SSSR count). The highest BCUT2D eigenvalue weighted by Crippen LogP contribution is 2.53. The number of rotatable bonds is 2. The average molecular weight is 393 g/mol. The lowest BCUT2D eigenvalue weighted by Gasteiger charge is -2.40. The zero-order valence-electron chi connectivity index (χ0n) is 16.6. The van der Waals surface area contributed by atoms with Crippen molar-refractivity contribution in [2.75, 3.05) is 45.3 Å². The van der Waals surface area contributed by atoms with Gasteiger partial charge in [-0.1, -0.05) is 18.2 Å². The Morgan fingerprint density at radius 1 is 1.14 bits per heavy atom. The molecule has 2 aromatic carbocycles. The Balaban J connectivity index is 1.49. The van der Waals surface area contributed by atoms with Crippen LogP contribution in [0.5, 0.6) is 11.5 Å². The van der Waals surface area contributed by atoms with E-state index < -0.39 is 5.41 Å². The molecule has 0 aliphatic carbocycles. The summed E-state index contributed by atoms with van der Waals surface area (Å²) in [4.78, 5) is 13.2. The van der Waals surface area contributed by atoms with E-state index in [1.165, 1.54) is 0 Å². The summed E-state index contributed by atoms with van der Waals surface area (Å²) in [5.41, 5.74) is 3.15. The SMILES string of the molecule is C[N+]1(CC2CCCO2)CCOc2cc3c(cc21)C1(CO3)C(=O)Nc2ccccc21. The number of quaternary nitrogens is 1. The Morgan fingerprint density at radius 2 is 2.03 bits per heavy atom. The van der Waals surface area contributed by atoms with E-state index in [1.54, 1.807) is 0 Å². The third-order valence-electron chi connectivity index (χ3n) is 7.04. The zero-order chi connectivity index (χ0) is 19.6. The van der Waals surface area contributed by atoms with Gasteiger partial charge in [0.2, 0.25) is 5.91 Å². The molecule has 0 bridgehead atoms. The number of fused-ring (bicyclic) bond motifs is 5. The van der Waals surface area contributed by atoms with Crippen LogP contribution in [0.15, 0.2) is 36.4 Å². The highest BCUT2D eigenvalue weighted by atomic mass is 16.5. The number of nitrogens with one attached hydrogen (secondary N) is 1. The topological polar surface area (TPSA) is 56.8 Å². The third-order valence-corrected chi connectivity index (χ3v) is 7.04. The molecule has 0 saturated carbocycles. The van der Waals surface area contributed by atoms with E-state index in [0.717, 1.165) is 71.0 Å². The van der Waals surface area contributed by atoms with Crippen LogP contribution < -0.4 is 19.3 Å². The number of hydrogen-bond donors (Lipinski definition) is 1. The van der Waals surface area contributed by atoms with E-state index in [9.17, 15) is 4.79 Å². The maximum atomic E-state index is 13.2. The summed E-state index contributed by atoms with van der Waals surface area (Å²) in [6, 6.07) is 12.1. The van der Waals surface area contributed by atoms with Crippen molar-refractivity contribution >= 4 is 17.3 Å². The van der Waals surface area contributed by atoms with Crippen LogP contribution in [-0.4, -0.2) is 52.0 Å². The van der Waals surface area contributed by atoms with Gasteiger partial charge >= 0.3 is 0 Å². The van der Waals surface area contributed by atoms with Gasteiger partial charge in [0.15, 0.2) is 11.4 Å². The van der Waals surface area contributed by atoms with Gasteiger partial charge in [-0.15, -0.1) is 0 Å². The standard InChI is InChI=1S/C23H24N2O4/c1-25(13-15-5-4-9-27-15)8-10-28-21-12-20-17(11-19(21)25)23(14-29-20)16-6-2-3-7-18(16)24-22(23)26/h2-3,6-7,11-12,15H,4-5,8-10,13-14H2,1H3/p+1. The van der Waals surface area contributed by atoms with Crippen molar-refractivity contribution in [1.82, 2.24) is 4.48 Å². The maximum Gasteiger partial charge on any atom is 0.243 e. The molecule has 0 radical (unpaired) electrons. The number of carbonyl (C=O) groups is 1. The summed E-state index contributed by atoms with van der Waals surface area (Å²) in [5, 5.41) is 3.06. The van der Waals surface area contributed by atoms with Crippen molar-refractivity contribution in [1.29, 1.82) is 0 Å². The molecule has 1 amide bonds. The van der Waals surface area contributed by atoms with Crippen LogP contribution >= 0.6 is 0 Å². The summed E-state index contributed by atoms with van der Waals surface area (Å²) in [7, 11) is 2.25. The van der Waals surface area contributed by atoms with Crippen molar-refractivity contribution in [3.8, 4) is 11.5 Å². The second-order valence-corrected chi connectivity index (χ2v) is 8.80. The molecule has 1 N–H and O–H groups in total. The van der Waals surface area contributed by atoms with Gasteiger partial charge in [-0.2, -0.15) is 0 Å². The van der Waals surface area contributed by atoms with Crippen LogP contribution in [0.1, 0.15) is 24.0 Å². The predicted molar refractivity (Wildman–Crippen MR) is 110 cm³/mol. The van der Waals surface area contributed by atoms with E-state index in [4.69, 9.17) is 14.2 Å². The van der Waals surface area contributed by atoms with Crippen LogP contribution in [0.4, 0.5) is 11.4 Å². The first kappa shape index (κ1) is 17.3. The van der Waals surface area contributed by atoms with Gasteiger partial charge < -0.3 is 19.5 Å². The number of likely N-dealkylation sites (N-methyl/N-ethyl adjacent to an activating group) is 1. The minimum absolute atomic E-state index is 0.0116. The summed E-state index contributed by atoms with van der Waals surface area (Å²) in [6.07, 6.45) is 2.52. The van der Waals surface area contributed by atoms with Crippen molar-refractivity contribution < 1.29 is 19.0 Å². The molecule has 3 unspecified atom stereocenters. The third kappa shape index (κ3) is 2.33. The number of benzene rings is 2. The highest BCUT2D eigenvalue weighted by molar-refractivity contribution is 6.10. The Bertz CT molecular complexity index is 1020. The van der Waals surface area contributed by atoms with Gasteiger partial charge in [0, 0.05) is 30.0 Å². The van der Waals surface area contributed by atoms with E-state index in [0.29, 0.717) is 13.2 Å². The molecule has 6 heteroatoms. The Morgan fingerprint density at radius 3 is 2.90 bits per heavy atom. The van der Waals surface area contributed by atoms with Gasteiger partial charge in [-0.3, -0.25) is 9.28 Å². The molecule has 3 atom stereocenters. The molecule has 1 fully saturated rings. The molecule has 4 aliphatic heterocycles. The number of para-hydroxylation sites is 1. The minimum Gasteiger partial charge on any atom is -0.491 e. The van der Waals surface area contributed by atoms with Crippen LogP contribution in [0.3, 0.4) is 0 Å². The molecule has 150 valence electrons. The fourth-order valence-electron chi connectivity index (χ4n) is 5.44. The van der Waals surface area contributed by atoms with Gasteiger partial charge in [0.05, 0.1) is 7.05 Å². The number of nitrogens with zero attached hydrogens (tertiary/aromatic N) is 1. The van der Waals surface area contributed by atoms with E-state index in [-0.39, 0.29) is 12.0 Å². The van der Waals surface area contributed by atoms with Gasteiger partial charge in [-0.25, -0.2) is 0 Å². The molecule has 1 saturated heterocycles. The smallest absolute Gasteiger partial charge is 0.243 e. The minimum atomic E-state index is -0.785. The second-order valence-electron chi connectivity index (χ2n) is 8.80. The summed E-state index contributed by atoms with van der Waals surface area (Å²) >= 11 is 0. The van der Waals surface area contributed by atoms with E-state index in [2.05, 4.69) is 18.4 Å². The van der Waals surface area contributed by atoms with Crippen molar-refractivity contribution in [2.45, 2.75) is 24.4 Å². The number of carbonyl (C=O) groups excluding carboxylic acids is 1. The normalized spacial score (nSPS) is 31.6. The van der Waals surface area contributed by atoms with Crippen LogP contribution in [0.25, 0.3) is 0 Å². The Labute approximate surface area is 170 Å². The van der Waals surface area contributed by atoms with Crippen molar-refractivity contribution in [3.63, 3.8) is 0 Å². The fraction of sp³-hybridized carbons (Fsp3) is 0.435. The van der Waals surface area contributed by atoms with Crippen LogP contribution in [0.2, 0.25) is 0 Å². The average Bonchev–Trinajstić information content (AvgIpc) is 3.41. The molecular formula is C23H25N2O4+. The molecule has 6 nitrogen and oxygen atoms in total. The lowest BCUT2D eigenvalue weighted by molar-refractivity contribution is -0.119. The number of amides is 1. The first-order valence-electron chi connectivity index (χ1n) is 10.4. The fourth-order valence-corrected chi connectivity index (χ4v) is 5.44. The zero-order valence-corrected chi connectivity index (χ0v) is 16.6. The molecule has 4 heterocycles. The maximum absolute atomic E-state index is 13.2. The van der Waals surface area contributed by atoms with Crippen molar-refractivity contribution in [2.24, 2.45) is 0 Å². The first-order valence-corrected chi connectivity index (χ1v) is 10.4. The lowest BCUT2D eigenvalue weighted by Crippen LogP contribution is -2.54. The summed E-state index contributed by atoms with van der Waals surface area (Å²) < 4.78 is 18.8. The van der Waals surface area contributed by atoms with E-state index >= 15 is 0 Å². The van der Waals surface area contributed by atoms with Crippen LogP contribution in [0, 0.1) is 0 Å². The Hall–Kier alpha value is -2.57. The predicted octanol–water partition coefficient (Wildman–Crippen LogP) is 2.83. The molecule has 4 aliphatic rings. The van der Waals surface area contributed by atoms with Gasteiger partial charge in [0.25, 0.3) is 0 Å². The van der Waals surface area contributed by atoms with E-state index in [1.807, 2.05) is 30.3 Å². The lowest BCUT2D eigenvalue weighted by atomic mass is 9.77. The summed E-state index contributed by atoms with van der Waals surface area (Å²) in [5.74, 6) is 1.60. The van der Waals surface area contributed by atoms with Gasteiger partial charge in [0.1, 0.15) is 43.6 Å². The highest BCUT2D eigenvalue weighted by Gasteiger charge is 2.55. The number of hydrogen-bond acceptors (Lipinski definition) is 4. The molecule has 2 aromatic rings. The molecule has 1 spiro atoms. The molecular weight excluding hydrogens is 368 g/mol.